The lowest BCUT2D eigenvalue weighted by molar-refractivity contribution is -0.384. The number of pyridine rings is 1. The predicted octanol–water partition coefficient (Wildman–Crippen LogP) is 3.59. The van der Waals surface area contributed by atoms with E-state index in [1.54, 1.807) is 31.4 Å². The summed E-state index contributed by atoms with van der Waals surface area (Å²) in [6, 6.07) is 7.67. The van der Waals surface area contributed by atoms with E-state index in [9.17, 15) is 14.9 Å². The molecule has 114 valence electrons. The van der Waals surface area contributed by atoms with Crippen molar-refractivity contribution in [1.29, 1.82) is 0 Å². The van der Waals surface area contributed by atoms with Crippen molar-refractivity contribution in [3.05, 3.63) is 68.4 Å². The minimum Gasteiger partial charge on any atom is -0.335 e. The Morgan fingerprint density at radius 1 is 1.36 bits per heavy atom. The van der Waals surface area contributed by atoms with Gasteiger partial charge in [-0.05, 0) is 34.5 Å². The Hall–Kier alpha value is -2.28. The summed E-state index contributed by atoms with van der Waals surface area (Å²) in [5.74, 6) is -0.201. The van der Waals surface area contributed by atoms with Crippen molar-refractivity contribution in [3.63, 3.8) is 0 Å². The number of nitro groups is 1. The second kappa shape index (κ2) is 6.65. The molecule has 0 unspecified atom stereocenters. The van der Waals surface area contributed by atoms with Crippen LogP contribution in [0.15, 0.2) is 47.2 Å². The Kier molecular flexibility index (Phi) is 4.87. The maximum absolute atomic E-state index is 12.5. The van der Waals surface area contributed by atoms with Gasteiger partial charge in [0.25, 0.3) is 11.6 Å². The van der Waals surface area contributed by atoms with Crippen LogP contribution in [0.1, 0.15) is 28.9 Å². The summed E-state index contributed by atoms with van der Waals surface area (Å²) in [4.78, 5) is 28.4. The number of hydrogen-bond donors (Lipinski definition) is 0. The molecule has 1 heterocycles. The van der Waals surface area contributed by atoms with Gasteiger partial charge in [0.15, 0.2) is 0 Å². The molecule has 1 atom stereocenters. The first-order valence-corrected chi connectivity index (χ1v) is 7.31. The van der Waals surface area contributed by atoms with Crippen LogP contribution < -0.4 is 0 Å². The molecule has 0 N–H and O–H groups in total. The molecule has 0 aliphatic carbocycles. The van der Waals surface area contributed by atoms with Gasteiger partial charge in [-0.2, -0.15) is 0 Å². The van der Waals surface area contributed by atoms with E-state index < -0.39 is 4.92 Å². The monoisotopic (exact) mass is 363 g/mol. The molecule has 1 aromatic carbocycles. The SMILES string of the molecule is C[C@@H](c1cccc([N+](=O)[O-])c1)N(C)C(=O)c1cncc(Br)c1. The van der Waals surface area contributed by atoms with Crippen molar-refractivity contribution >= 4 is 27.5 Å². The van der Waals surface area contributed by atoms with Gasteiger partial charge in [-0.25, -0.2) is 0 Å². The predicted molar refractivity (Wildman–Crippen MR) is 85.5 cm³/mol. The molecule has 7 heteroatoms. The van der Waals surface area contributed by atoms with Gasteiger partial charge in [-0.15, -0.1) is 0 Å². The summed E-state index contributed by atoms with van der Waals surface area (Å²) < 4.78 is 0.717. The molecular formula is C15H14BrN3O3. The number of halogens is 1. The number of aromatic nitrogens is 1. The molecule has 0 saturated heterocycles. The Morgan fingerprint density at radius 3 is 2.73 bits per heavy atom. The van der Waals surface area contributed by atoms with E-state index >= 15 is 0 Å². The highest BCUT2D eigenvalue weighted by Gasteiger charge is 2.20. The number of carbonyl (C=O) groups excluding carboxylic acids is 1. The first kappa shape index (κ1) is 16.1. The Labute approximate surface area is 136 Å². The molecule has 0 bridgehead atoms. The molecule has 0 aliphatic heterocycles. The maximum atomic E-state index is 12.5. The Balaban J connectivity index is 2.25. The number of hydrogen-bond acceptors (Lipinski definition) is 4. The molecule has 0 aliphatic rings. The fourth-order valence-electron chi connectivity index (χ4n) is 2.03. The largest absolute Gasteiger partial charge is 0.335 e. The van der Waals surface area contributed by atoms with Gasteiger partial charge in [0, 0.05) is 36.0 Å². The number of amides is 1. The normalized spacial score (nSPS) is 11.8. The Morgan fingerprint density at radius 2 is 2.09 bits per heavy atom. The molecular weight excluding hydrogens is 350 g/mol. The van der Waals surface area contributed by atoms with Gasteiger partial charge < -0.3 is 4.90 Å². The number of nitrogens with zero attached hydrogens (tertiary/aromatic N) is 3. The smallest absolute Gasteiger partial charge is 0.269 e. The van der Waals surface area contributed by atoms with Crippen molar-refractivity contribution in [2.24, 2.45) is 0 Å². The second-order valence-corrected chi connectivity index (χ2v) is 5.75. The molecule has 0 saturated carbocycles. The number of benzene rings is 1. The third-order valence-corrected chi connectivity index (χ3v) is 3.85. The number of non-ortho nitro benzene ring substituents is 1. The summed E-state index contributed by atoms with van der Waals surface area (Å²) in [6.07, 6.45) is 3.09. The molecule has 2 aromatic rings. The molecule has 0 fully saturated rings. The quantitative estimate of drug-likeness (QED) is 0.614. The second-order valence-electron chi connectivity index (χ2n) is 4.84. The van der Waals surface area contributed by atoms with Gasteiger partial charge in [0.2, 0.25) is 0 Å². The zero-order valence-corrected chi connectivity index (χ0v) is 13.6. The van der Waals surface area contributed by atoms with Crippen molar-refractivity contribution in [2.75, 3.05) is 7.05 Å². The number of carbonyl (C=O) groups is 1. The van der Waals surface area contributed by atoms with Crippen LogP contribution in [0.25, 0.3) is 0 Å². The van der Waals surface area contributed by atoms with Crippen molar-refractivity contribution < 1.29 is 9.72 Å². The molecule has 1 amide bonds. The van der Waals surface area contributed by atoms with E-state index in [0.29, 0.717) is 11.1 Å². The molecule has 6 nitrogen and oxygen atoms in total. The minimum atomic E-state index is -0.448. The number of nitro benzene ring substituents is 1. The van der Waals surface area contributed by atoms with E-state index in [2.05, 4.69) is 20.9 Å². The summed E-state index contributed by atoms with van der Waals surface area (Å²) in [5.41, 5.74) is 1.16. The van der Waals surface area contributed by atoms with Gasteiger partial charge in [0.05, 0.1) is 16.5 Å². The first-order chi connectivity index (χ1) is 10.4. The van der Waals surface area contributed by atoms with E-state index in [1.165, 1.54) is 23.2 Å². The Bertz CT molecular complexity index is 721. The lowest BCUT2D eigenvalue weighted by atomic mass is 10.1. The molecule has 0 spiro atoms. The lowest BCUT2D eigenvalue weighted by Crippen LogP contribution is -2.29. The van der Waals surface area contributed by atoms with Crippen molar-refractivity contribution in [3.8, 4) is 0 Å². The molecule has 0 radical (unpaired) electrons. The fraction of sp³-hybridized carbons (Fsp3) is 0.200. The van der Waals surface area contributed by atoms with Gasteiger partial charge in [0.1, 0.15) is 0 Å². The van der Waals surface area contributed by atoms with Crippen LogP contribution in [0.5, 0.6) is 0 Å². The average Bonchev–Trinajstić information content (AvgIpc) is 2.52. The van der Waals surface area contributed by atoms with Gasteiger partial charge >= 0.3 is 0 Å². The summed E-state index contributed by atoms with van der Waals surface area (Å²) in [5, 5.41) is 10.8. The van der Waals surface area contributed by atoms with Crippen LogP contribution in [-0.4, -0.2) is 27.8 Å². The third kappa shape index (κ3) is 3.48. The first-order valence-electron chi connectivity index (χ1n) is 6.52. The molecule has 22 heavy (non-hydrogen) atoms. The third-order valence-electron chi connectivity index (χ3n) is 3.42. The minimum absolute atomic E-state index is 0.00863. The standard InChI is InChI=1S/C15H14BrN3O3/c1-10(11-4-3-5-14(7-11)19(21)22)18(2)15(20)12-6-13(16)9-17-8-12/h3-10H,1-2H3/t10-/m0/s1. The molecule has 1 aromatic heterocycles. The average molecular weight is 364 g/mol. The van der Waals surface area contributed by atoms with E-state index in [0.717, 1.165) is 4.47 Å². The summed E-state index contributed by atoms with van der Waals surface area (Å²) >= 11 is 3.28. The van der Waals surface area contributed by atoms with Gasteiger partial charge in [-0.1, -0.05) is 12.1 Å². The lowest BCUT2D eigenvalue weighted by Gasteiger charge is -2.25. The van der Waals surface area contributed by atoms with E-state index in [4.69, 9.17) is 0 Å². The molecule has 2 rings (SSSR count). The van der Waals surface area contributed by atoms with E-state index in [-0.39, 0.29) is 17.6 Å². The van der Waals surface area contributed by atoms with Crippen LogP contribution in [0, 0.1) is 10.1 Å². The fourth-order valence-corrected chi connectivity index (χ4v) is 2.40. The van der Waals surface area contributed by atoms with Crippen molar-refractivity contribution in [2.45, 2.75) is 13.0 Å². The van der Waals surface area contributed by atoms with Crippen LogP contribution in [0.3, 0.4) is 0 Å². The zero-order valence-electron chi connectivity index (χ0n) is 12.1. The number of rotatable bonds is 4. The summed E-state index contributed by atoms with van der Waals surface area (Å²) in [7, 11) is 1.66. The topological polar surface area (TPSA) is 76.3 Å². The van der Waals surface area contributed by atoms with Crippen LogP contribution in [0.2, 0.25) is 0 Å². The van der Waals surface area contributed by atoms with Gasteiger partial charge in [-0.3, -0.25) is 19.9 Å². The van der Waals surface area contributed by atoms with E-state index in [1.807, 2.05) is 6.92 Å². The van der Waals surface area contributed by atoms with Crippen LogP contribution in [0.4, 0.5) is 5.69 Å². The van der Waals surface area contributed by atoms with Crippen LogP contribution >= 0.6 is 15.9 Å². The highest BCUT2D eigenvalue weighted by molar-refractivity contribution is 9.10. The van der Waals surface area contributed by atoms with Crippen molar-refractivity contribution in [1.82, 2.24) is 9.88 Å². The van der Waals surface area contributed by atoms with Crippen LogP contribution in [-0.2, 0) is 0 Å². The highest BCUT2D eigenvalue weighted by atomic mass is 79.9. The summed E-state index contributed by atoms with van der Waals surface area (Å²) in [6.45, 7) is 1.82. The maximum Gasteiger partial charge on any atom is 0.269 e. The zero-order chi connectivity index (χ0) is 16.3. The highest BCUT2D eigenvalue weighted by Crippen LogP contribution is 2.24.